The number of Topliss-reactive ketones (excluding diaryl/α,β-unsaturated/α-hetero) is 1. The van der Waals surface area contributed by atoms with E-state index in [0.717, 1.165) is 27.3 Å². The largest absolute Gasteiger partial charge is 0.453 e. The number of hydrogen-bond donors (Lipinski definition) is 0. The second kappa shape index (κ2) is 8.78. The molecule has 0 amide bonds. The predicted octanol–water partition coefficient (Wildman–Crippen LogP) is 3.50. The van der Waals surface area contributed by atoms with Crippen LogP contribution in [0.4, 0.5) is 5.69 Å². The highest BCUT2D eigenvalue weighted by molar-refractivity contribution is 7.92. The number of benzene rings is 2. The summed E-state index contributed by atoms with van der Waals surface area (Å²) in [6.07, 6.45) is 0.00121. The summed E-state index contributed by atoms with van der Waals surface area (Å²) in [5.41, 5.74) is 4.45. The van der Waals surface area contributed by atoms with Crippen LogP contribution in [-0.4, -0.2) is 39.1 Å². The van der Waals surface area contributed by atoms with E-state index in [1.165, 1.54) is 6.92 Å². The number of para-hydroxylation sites is 1. The molecule has 1 unspecified atom stereocenters. The van der Waals surface area contributed by atoms with Crippen molar-refractivity contribution in [3.05, 3.63) is 64.2 Å². The van der Waals surface area contributed by atoms with E-state index in [1.807, 2.05) is 26.8 Å². The first-order valence-electron chi connectivity index (χ1n) is 9.26. The smallest absolute Gasteiger partial charge is 0.327 e. The van der Waals surface area contributed by atoms with Gasteiger partial charge in [-0.25, -0.2) is 8.42 Å². The Morgan fingerprint density at radius 3 is 2.14 bits per heavy atom. The molecular formula is C22H27NO5S. The number of ketones is 1. The molecule has 7 heteroatoms. The highest BCUT2D eigenvalue weighted by atomic mass is 32.2. The summed E-state index contributed by atoms with van der Waals surface area (Å²) < 4.78 is 30.7. The molecule has 0 radical (unpaired) electrons. The van der Waals surface area contributed by atoms with Gasteiger partial charge in [0.05, 0.1) is 11.9 Å². The Bertz CT molecular complexity index is 1040. The molecule has 2 rings (SSSR count). The fourth-order valence-electron chi connectivity index (χ4n) is 3.07. The minimum atomic E-state index is -3.71. The van der Waals surface area contributed by atoms with Crippen LogP contribution < -0.4 is 4.31 Å². The van der Waals surface area contributed by atoms with Gasteiger partial charge in [-0.1, -0.05) is 24.3 Å². The predicted molar refractivity (Wildman–Crippen MR) is 114 cm³/mol. The number of nitrogens with zero attached hydrogens (tertiary/aromatic N) is 1. The van der Waals surface area contributed by atoms with Crippen LogP contribution in [0.2, 0.25) is 0 Å². The number of carbonyl (C=O) groups excluding carboxylic acids is 2. The van der Waals surface area contributed by atoms with Gasteiger partial charge < -0.3 is 4.74 Å². The van der Waals surface area contributed by atoms with Crippen molar-refractivity contribution in [3.63, 3.8) is 0 Å². The van der Waals surface area contributed by atoms with Crippen molar-refractivity contribution in [2.45, 2.75) is 40.7 Å². The number of anilines is 1. The molecule has 0 spiro atoms. The van der Waals surface area contributed by atoms with Gasteiger partial charge in [-0.2, -0.15) is 0 Å². The molecule has 0 N–H and O–H groups in total. The second-order valence-corrected chi connectivity index (χ2v) is 9.21. The van der Waals surface area contributed by atoms with E-state index in [-0.39, 0.29) is 5.78 Å². The molecule has 0 bridgehead atoms. The zero-order chi connectivity index (χ0) is 21.9. The molecule has 0 fully saturated rings. The van der Waals surface area contributed by atoms with Crippen molar-refractivity contribution in [1.29, 1.82) is 0 Å². The first-order chi connectivity index (χ1) is 13.4. The van der Waals surface area contributed by atoms with Crippen molar-refractivity contribution in [1.82, 2.24) is 0 Å². The molecule has 6 nitrogen and oxygen atoms in total. The van der Waals surface area contributed by atoms with E-state index in [1.54, 1.807) is 37.3 Å². The van der Waals surface area contributed by atoms with E-state index < -0.39 is 28.6 Å². The fraction of sp³-hybridized carbons (Fsp3) is 0.364. The average molecular weight is 418 g/mol. The summed E-state index contributed by atoms with van der Waals surface area (Å²) in [6.45, 7) is 8.45. The molecule has 0 aliphatic heterocycles. The molecule has 0 saturated heterocycles. The van der Waals surface area contributed by atoms with Gasteiger partial charge in [0.25, 0.3) is 0 Å². The Morgan fingerprint density at radius 1 is 0.966 bits per heavy atom. The molecule has 1 atom stereocenters. The van der Waals surface area contributed by atoms with Gasteiger partial charge in [0.1, 0.15) is 6.54 Å². The molecule has 0 saturated carbocycles. The lowest BCUT2D eigenvalue weighted by atomic mass is 9.96. The molecule has 2 aromatic rings. The van der Waals surface area contributed by atoms with Gasteiger partial charge in [0, 0.05) is 5.56 Å². The van der Waals surface area contributed by atoms with Crippen molar-refractivity contribution < 1.29 is 22.7 Å². The van der Waals surface area contributed by atoms with Gasteiger partial charge >= 0.3 is 5.97 Å². The van der Waals surface area contributed by atoms with Crippen LogP contribution in [0.3, 0.4) is 0 Å². The van der Waals surface area contributed by atoms with E-state index in [4.69, 9.17) is 4.74 Å². The summed E-state index contributed by atoms with van der Waals surface area (Å²) in [7, 11) is -3.71. The second-order valence-electron chi connectivity index (χ2n) is 7.30. The summed E-state index contributed by atoms with van der Waals surface area (Å²) >= 11 is 0. The van der Waals surface area contributed by atoms with Crippen LogP contribution >= 0.6 is 0 Å². The zero-order valence-corrected chi connectivity index (χ0v) is 18.5. The minimum absolute atomic E-state index is 0.319. The topological polar surface area (TPSA) is 80.8 Å². The third-order valence-corrected chi connectivity index (χ3v) is 5.97. The summed E-state index contributed by atoms with van der Waals surface area (Å²) in [5.74, 6) is -1.11. The summed E-state index contributed by atoms with van der Waals surface area (Å²) in [5, 5.41) is 0. The summed E-state index contributed by atoms with van der Waals surface area (Å²) in [4.78, 5) is 25.2. The van der Waals surface area contributed by atoms with Crippen molar-refractivity contribution in [2.24, 2.45) is 0 Å². The standard InChI is InChI=1S/C22H27NO5S/c1-14-9-7-8-10-20(14)23(29(6,26)27)13-21(24)28-18(5)22(25)19-12-16(3)15(2)11-17(19)4/h7-12,18H,13H2,1-6H3. The number of ether oxygens (including phenoxy) is 1. The van der Waals surface area contributed by atoms with Gasteiger partial charge in [-0.15, -0.1) is 0 Å². The quantitative estimate of drug-likeness (QED) is 0.509. The zero-order valence-electron chi connectivity index (χ0n) is 17.6. The lowest BCUT2D eigenvalue weighted by molar-refractivity contribution is -0.144. The van der Waals surface area contributed by atoms with Crippen molar-refractivity contribution in [3.8, 4) is 0 Å². The third-order valence-electron chi connectivity index (χ3n) is 4.84. The Kier molecular flexibility index (Phi) is 6.85. The van der Waals surface area contributed by atoms with Crippen LogP contribution in [0, 0.1) is 27.7 Å². The number of carbonyl (C=O) groups is 2. The first-order valence-corrected chi connectivity index (χ1v) is 11.1. The highest BCUT2D eigenvalue weighted by Gasteiger charge is 2.26. The van der Waals surface area contributed by atoms with Gasteiger partial charge in [-0.05, 0) is 69.0 Å². The maximum atomic E-state index is 12.8. The van der Waals surface area contributed by atoms with Crippen LogP contribution in [0.25, 0.3) is 0 Å². The van der Waals surface area contributed by atoms with Gasteiger partial charge in [-0.3, -0.25) is 13.9 Å². The number of rotatable bonds is 7. The highest BCUT2D eigenvalue weighted by Crippen LogP contribution is 2.22. The van der Waals surface area contributed by atoms with Crippen LogP contribution in [0.1, 0.15) is 39.5 Å². The van der Waals surface area contributed by atoms with Gasteiger partial charge in [0.15, 0.2) is 6.10 Å². The maximum Gasteiger partial charge on any atom is 0.327 e. The van der Waals surface area contributed by atoms with Crippen LogP contribution in [0.15, 0.2) is 36.4 Å². The van der Waals surface area contributed by atoms with Crippen molar-refractivity contribution in [2.75, 3.05) is 17.1 Å². The molecule has 0 aliphatic rings. The number of sulfonamides is 1. The Morgan fingerprint density at radius 2 is 1.55 bits per heavy atom. The molecule has 0 aliphatic carbocycles. The summed E-state index contributed by atoms with van der Waals surface area (Å²) in [6, 6.07) is 10.6. The lowest BCUT2D eigenvalue weighted by Gasteiger charge is -2.24. The van der Waals surface area contributed by atoms with E-state index in [9.17, 15) is 18.0 Å². The fourth-order valence-corrected chi connectivity index (χ4v) is 3.98. The Labute approximate surface area is 172 Å². The van der Waals surface area contributed by atoms with Crippen LogP contribution in [-0.2, 0) is 19.6 Å². The monoisotopic (exact) mass is 417 g/mol. The number of hydrogen-bond acceptors (Lipinski definition) is 5. The minimum Gasteiger partial charge on any atom is -0.453 e. The van der Waals surface area contributed by atoms with E-state index in [0.29, 0.717) is 16.8 Å². The van der Waals surface area contributed by atoms with Crippen molar-refractivity contribution >= 4 is 27.5 Å². The molecule has 156 valence electrons. The average Bonchev–Trinajstić information content (AvgIpc) is 2.62. The molecule has 2 aromatic carbocycles. The third kappa shape index (κ3) is 5.44. The van der Waals surface area contributed by atoms with E-state index in [2.05, 4.69) is 0 Å². The van der Waals surface area contributed by atoms with Crippen LogP contribution in [0.5, 0.6) is 0 Å². The normalized spacial score (nSPS) is 12.3. The molecule has 0 aromatic heterocycles. The number of esters is 1. The SMILES string of the molecule is Cc1cc(C)c(C(=O)C(C)OC(=O)CN(c2ccccc2C)S(C)(=O)=O)cc1C. The Balaban J connectivity index is 2.19. The van der Waals surface area contributed by atoms with E-state index >= 15 is 0 Å². The Hall–Kier alpha value is -2.67. The molecule has 0 heterocycles. The van der Waals surface area contributed by atoms with Gasteiger partial charge in [0.2, 0.25) is 15.8 Å². The first kappa shape index (κ1) is 22.6. The molecular weight excluding hydrogens is 390 g/mol. The lowest BCUT2D eigenvalue weighted by Crippen LogP contribution is -2.38. The number of aryl methyl sites for hydroxylation is 4. The maximum absolute atomic E-state index is 12.8. The molecule has 29 heavy (non-hydrogen) atoms.